The summed E-state index contributed by atoms with van der Waals surface area (Å²) in [6.45, 7) is 1.82. The topological polar surface area (TPSA) is 113 Å². The van der Waals surface area contributed by atoms with Gasteiger partial charge < -0.3 is 5.11 Å². The second-order valence-corrected chi connectivity index (χ2v) is 8.23. The first kappa shape index (κ1) is 16.5. The van der Waals surface area contributed by atoms with Crippen LogP contribution in [0.5, 0.6) is 0 Å². The molecule has 0 heterocycles. The largest absolute Gasteiger partial charge is 0.393 e. The third kappa shape index (κ3) is 3.29. The molecule has 0 amide bonds. The van der Waals surface area contributed by atoms with Crippen LogP contribution in [0.25, 0.3) is 0 Å². The number of aliphatic hydroxyl groups excluding tert-OH is 1. The van der Waals surface area contributed by atoms with Crippen LogP contribution in [0.1, 0.15) is 32.6 Å². The monoisotopic (exact) mass is 328 g/mol. The van der Waals surface area contributed by atoms with Crippen molar-refractivity contribution < 1.29 is 32.7 Å². The highest BCUT2D eigenvalue weighted by molar-refractivity contribution is 7.95. The van der Waals surface area contributed by atoms with E-state index in [1.807, 2.05) is 6.92 Å². The average Bonchev–Trinajstić information content (AvgIpc) is 2.39. The molecule has 2 saturated carbocycles. The van der Waals surface area contributed by atoms with Gasteiger partial charge in [0.25, 0.3) is 10.1 Å². The first-order valence-corrected chi connectivity index (χ1v) is 8.95. The molecular formula is C11H20O7S2. The molecule has 6 unspecified atom stereocenters. The number of aliphatic hydroxyl groups is 1. The van der Waals surface area contributed by atoms with E-state index in [0.29, 0.717) is 19.3 Å². The number of fused-ring (bicyclic) bond motifs is 1. The molecule has 0 aliphatic heterocycles. The van der Waals surface area contributed by atoms with Gasteiger partial charge in [0, 0.05) is 17.3 Å². The summed E-state index contributed by atoms with van der Waals surface area (Å²) >= 11 is 0.893. The van der Waals surface area contributed by atoms with E-state index in [0.717, 1.165) is 18.5 Å². The zero-order valence-electron chi connectivity index (χ0n) is 11.1. The summed E-state index contributed by atoms with van der Waals surface area (Å²) in [4.78, 5) is 0. The molecule has 0 aromatic rings. The van der Waals surface area contributed by atoms with E-state index in [4.69, 9.17) is 5.26 Å². The molecule has 2 rings (SSSR count). The van der Waals surface area contributed by atoms with Crippen molar-refractivity contribution >= 4 is 22.2 Å². The van der Waals surface area contributed by atoms with E-state index < -0.39 is 21.5 Å². The minimum absolute atomic E-state index is 0.00535. The summed E-state index contributed by atoms with van der Waals surface area (Å²) < 4.78 is 37.1. The molecule has 3 N–H and O–H groups in total. The van der Waals surface area contributed by atoms with Crippen molar-refractivity contribution in [3.63, 3.8) is 0 Å². The minimum atomic E-state index is -4.14. The van der Waals surface area contributed by atoms with E-state index in [-0.39, 0.29) is 23.0 Å². The van der Waals surface area contributed by atoms with Gasteiger partial charge in [-0.2, -0.15) is 8.42 Å². The average molecular weight is 328 g/mol. The van der Waals surface area contributed by atoms with E-state index in [1.165, 1.54) is 0 Å². The van der Waals surface area contributed by atoms with Gasteiger partial charge >= 0.3 is 0 Å². The summed E-state index contributed by atoms with van der Waals surface area (Å²) in [6, 6.07) is 0. The zero-order valence-corrected chi connectivity index (χ0v) is 12.7. The predicted octanol–water partition coefficient (Wildman–Crippen LogP) is 1.50. The molecular weight excluding hydrogens is 308 g/mol. The van der Waals surface area contributed by atoms with Crippen LogP contribution >= 0.6 is 12.0 Å². The van der Waals surface area contributed by atoms with Crippen LogP contribution in [0.4, 0.5) is 0 Å². The Bertz CT molecular complexity index is 426. The van der Waals surface area contributed by atoms with Gasteiger partial charge in [-0.25, -0.2) is 5.26 Å². The second-order valence-electron chi connectivity index (χ2n) is 5.66. The highest BCUT2D eigenvalue weighted by Crippen LogP contribution is 2.49. The van der Waals surface area contributed by atoms with Crippen LogP contribution in [0.3, 0.4) is 0 Å². The first-order valence-electron chi connectivity index (χ1n) is 6.64. The van der Waals surface area contributed by atoms with Crippen molar-refractivity contribution in [3.05, 3.63) is 0 Å². The molecule has 20 heavy (non-hydrogen) atoms. The van der Waals surface area contributed by atoms with Gasteiger partial charge in [0.2, 0.25) is 0 Å². The van der Waals surface area contributed by atoms with Crippen molar-refractivity contribution in [3.8, 4) is 0 Å². The van der Waals surface area contributed by atoms with Gasteiger partial charge in [0.1, 0.15) is 0 Å². The normalized spacial score (nSPS) is 42.2. The maximum Gasteiger partial charge on any atom is 0.268 e. The predicted molar refractivity (Wildman–Crippen MR) is 72.1 cm³/mol. The van der Waals surface area contributed by atoms with Crippen molar-refractivity contribution in [2.75, 3.05) is 0 Å². The molecule has 118 valence electrons. The van der Waals surface area contributed by atoms with Crippen molar-refractivity contribution in [2.24, 2.45) is 17.8 Å². The quantitative estimate of drug-likeness (QED) is 0.308. The SMILES string of the molecule is CC1C(O)CC(SOOO)C2CCCC(S(=O)(=O)O)C12. The van der Waals surface area contributed by atoms with E-state index in [1.54, 1.807) is 0 Å². The molecule has 6 atom stereocenters. The number of hydrogen-bond donors (Lipinski definition) is 3. The Kier molecular flexibility index (Phi) is 5.33. The molecule has 0 spiro atoms. The standard InChI is InChI=1S/C11H20O7S2/c1-6-8(12)5-9(19-18-17-13)7-3-2-4-10(11(6)7)20(14,15)16/h6-13H,2-5H2,1H3,(H,14,15,16). The molecule has 0 bridgehead atoms. The van der Waals surface area contributed by atoms with Gasteiger partial charge in [0.15, 0.2) is 0 Å². The Labute approximate surface area is 122 Å². The second kappa shape index (κ2) is 6.47. The van der Waals surface area contributed by atoms with Crippen molar-refractivity contribution in [2.45, 2.75) is 49.2 Å². The summed E-state index contributed by atoms with van der Waals surface area (Å²) in [5.41, 5.74) is 0. The van der Waals surface area contributed by atoms with Crippen molar-refractivity contribution in [1.82, 2.24) is 0 Å². The Balaban J connectivity index is 2.24. The highest BCUT2D eigenvalue weighted by Gasteiger charge is 2.51. The summed E-state index contributed by atoms with van der Waals surface area (Å²) in [6.07, 6.45) is 1.69. The Hall–Kier alpha value is 0.100. The summed E-state index contributed by atoms with van der Waals surface area (Å²) in [5, 5.41) is 20.9. The molecule has 0 radical (unpaired) electrons. The van der Waals surface area contributed by atoms with Crippen molar-refractivity contribution in [1.29, 1.82) is 0 Å². The van der Waals surface area contributed by atoms with Gasteiger partial charge in [-0.15, -0.1) is 4.33 Å². The molecule has 0 saturated heterocycles. The summed E-state index contributed by atoms with van der Waals surface area (Å²) in [7, 11) is -4.14. The lowest BCUT2D eigenvalue weighted by Crippen LogP contribution is -2.52. The number of rotatable bonds is 4. The molecule has 2 aliphatic carbocycles. The number of hydrogen-bond acceptors (Lipinski definition) is 7. The maximum atomic E-state index is 11.6. The third-order valence-corrected chi connectivity index (χ3v) is 6.93. The third-order valence-electron chi connectivity index (χ3n) is 4.69. The van der Waals surface area contributed by atoms with E-state index in [9.17, 15) is 18.1 Å². The van der Waals surface area contributed by atoms with Crippen LogP contribution in [0, 0.1) is 17.8 Å². The van der Waals surface area contributed by atoms with Crippen LogP contribution in [0.15, 0.2) is 0 Å². The van der Waals surface area contributed by atoms with Crippen LogP contribution in [-0.2, 0) is 19.5 Å². The van der Waals surface area contributed by atoms with Gasteiger partial charge in [0.05, 0.1) is 11.4 Å². The lowest BCUT2D eigenvalue weighted by Gasteiger charge is -2.48. The molecule has 9 heteroatoms. The molecule has 2 aliphatic rings. The first-order chi connectivity index (χ1) is 9.36. The van der Waals surface area contributed by atoms with Gasteiger partial charge in [-0.05, 0) is 37.0 Å². The van der Waals surface area contributed by atoms with Crippen LogP contribution in [0.2, 0.25) is 0 Å². The zero-order chi connectivity index (χ0) is 14.9. The van der Waals surface area contributed by atoms with E-state index in [2.05, 4.69) is 9.37 Å². The Morgan fingerprint density at radius 1 is 1.30 bits per heavy atom. The van der Waals surface area contributed by atoms with Crippen LogP contribution in [-0.4, -0.2) is 39.9 Å². The lowest BCUT2D eigenvalue weighted by atomic mass is 9.64. The fourth-order valence-electron chi connectivity index (χ4n) is 3.79. The fourth-order valence-corrected chi connectivity index (χ4v) is 5.97. The maximum absolute atomic E-state index is 11.6. The van der Waals surface area contributed by atoms with E-state index >= 15 is 0 Å². The fraction of sp³-hybridized carbons (Fsp3) is 1.00. The Morgan fingerprint density at radius 3 is 2.60 bits per heavy atom. The minimum Gasteiger partial charge on any atom is -0.393 e. The lowest BCUT2D eigenvalue weighted by molar-refractivity contribution is -0.432. The molecule has 0 aromatic carbocycles. The highest BCUT2D eigenvalue weighted by atomic mass is 32.2. The molecule has 0 aromatic heterocycles. The smallest absolute Gasteiger partial charge is 0.268 e. The van der Waals surface area contributed by atoms with Crippen LogP contribution < -0.4 is 0 Å². The van der Waals surface area contributed by atoms with Gasteiger partial charge in [-0.1, -0.05) is 18.4 Å². The Morgan fingerprint density at radius 2 is 2.00 bits per heavy atom. The van der Waals surface area contributed by atoms with Gasteiger partial charge in [-0.3, -0.25) is 4.55 Å². The molecule has 7 nitrogen and oxygen atoms in total. The summed E-state index contributed by atoms with van der Waals surface area (Å²) in [5.74, 6) is -0.532. The molecule has 2 fully saturated rings.